The van der Waals surface area contributed by atoms with Crippen LogP contribution in [0.15, 0.2) is 61.1 Å². The van der Waals surface area contributed by atoms with Gasteiger partial charge in [-0.3, -0.25) is 14.4 Å². The number of aryl methyl sites for hydroxylation is 3. The molecule has 0 atom stereocenters. The summed E-state index contributed by atoms with van der Waals surface area (Å²) in [5.74, 6) is 1.31. The number of rotatable bonds is 9. The average molecular weight is 540 g/mol. The minimum Gasteiger partial charge on any atom is -0.369 e. The van der Waals surface area contributed by atoms with Gasteiger partial charge in [-0.2, -0.15) is 5.10 Å². The Morgan fingerprint density at radius 3 is 2.60 bits per heavy atom. The number of hydrogen-bond donors (Lipinski definition) is 3. The third-order valence-corrected chi connectivity index (χ3v) is 7.13. The number of amides is 1. The Morgan fingerprint density at radius 1 is 0.975 bits per heavy atom. The number of likely N-dealkylation sites (N-methyl/N-ethyl adjacent to an activating group) is 1. The Labute approximate surface area is 235 Å². The molecular formula is C30H37N9O. The van der Waals surface area contributed by atoms with Crippen LogP contribution < -0.4 is 16.0 Å². The maximum absolute atomic E-state index is 12.8. The highest BCUT2D eigenvalue weighted by molar-refractivity contribution is 6.04. The maximum atomic E-state index is 12.8. The van der Waals surface area contributed by atoms with Gasteiger partial charge in [0.05, 0.1) is 11.3 Å². The van der Waals surface area contributed by atoms with E-state index in [1.165, 1.54) is 0 Å². The summed E-state index contributed by atoms with van der Waals surface area (Å²) in [4.78, 5) is 26.6. The van der Waals surface area contributed by atoms with E-state index in [9.17, 15) is 4.79 Å². The molecular weight excluding hydrogens is 502 g/mol. The molecule has 1 aliphatic rings. The first-order valence-electron chi connectivity index (χ1n) is 13.6. The van der Waals surface area contributed by atoms with Gasteiger partial charge in [-0.05, 0) is 50.7 Å². The Bertz CT molecular complexity index is 1470. The van der Waals surface area contributed by atoms with Crippen molar-refractivity contribution in [1.82, 2.24) is 29.5 Å². The zero-order chi connectivity index (χ0) is 28.1. The number of carbonyl (C=O) groups is 1. The summed E-state index contributed by atoms with van der Waals surface area (Å²) in [5.41, 5.74) is 5.88. The maximum Gasteiger partial charge on any atom is 0.255 e. The highest BCUT2D eigenvalue weighted by Crippen LogP contribution is 2.31. The predicted octanol–water partition coefficient (Wildman–Crippen LogP) is 4.15. The quantitative estimate of drug-likeness (QED) is 0.292. The van der Waals surface area contributed by atoms with E-state index in [0.29, 0.717) is 17.1 Å². The fourth-order valence-corrected chi connectivity index (χ4v) is 4.73. The first kappa shape index (κ1) is 27.3. The van der Waals surface area contributed by atoms with Gasteiger partial charge in [0.15, 0.2) is 5.82 Å². The molecule has 3 N–H and O–H groups in total. The number of nitrogens with zero attached hydrogens (tertiary/aromatic N) is 6. The smallest absolute Gasteiger partial charge is 0.255 e. The number of carbonyl (C=O) groups excluding carboxylic acids is 1. The Balaban J connectivity index is 1.28. The summed E-state index contributed by atoms with van der Waals surface area (Å²) in [6, 6.07) is 15.3. The molecule has 40 heavy (non-hydrogen) atoms. The second kappa shape index (κ2) is 12.3. The van der Waals surface area contributed by atoms with Gasteiger partial charge in [-0.15, -0.1) is 0 Å². The van der Waals surface area contributed by atoms with Crippen molar-refractivity contribution in [3.05, 3.63) is 77.7 Å². The number of piperazine rings is 1. The molecule has 0 unspecified atom stereocenters. The van der Waals surface area contributed by atoms with Crippen molar-refractivity contribution in [1.29, 1.82) is 0 Å². The molecule has 3 heterocycles. The lowest BCUT2D eigenvalue weighted by atomic mass is 10.1. The molecule has 1 fully saturated rings. The van der Waals surface area contributed by atoms with Crippen LogP contribution in [0.5, 0.6) is 0 Å². The molecule has 0 aliphatic carbocycles. The number of anilines is 4. The lowest BCUT2D eigenvalue weighted by Crippen LogP contribution is -2.45. The monoisotopic (exact) mass is 539 g/mol. The van der Waals surface area contributed by atoms with Gasteiger partial charge < -0.3 is 20.9 Å². The molecule has 2 aromatic heterocycles. The lowest BCUT2D eigenvalue weighted by Gasteiger charge is -2.32. The molecule has 10 heteroatoms. The number of benzene rings is 2. The van der Waals surface area contributed by atoms with Crippen molar-refractivity contribution < 1.29 is 4.79 Å². The van der Waals surface area contributed by atoms with E-state index in [0.717, 1.165) is 73.2 Å². The van der Waals surface area contributed by atoms with Crippen molar-refractivity contribution in [2.75, 3.05) is 62.3 Å². The summed E-state index contributed by atoms with van der Waals surface area (Å²) in [7, 11) is 4.05. The standard InChI is InChI=1S/C30H37N9O/c1-21-6-5-7-23(16-21)30(40)34-24-9-8-22(2)26(17-24)35-29-25(19-38(4)36-29)27-18-28(33-20-32-27)31-10-11-39-14-12-37(3)13-15-39/h5-9,16-20H,10-15H2,1-4H3,(H,34,40)(H,35,36)(H,31,32,33). The van der Waals surface area contributed by atoms with E-state index in [-0.39, 0.29) is 5.91 Å². The number of aromatic nitrogens is 4. The van der Waals surface area contributed by atoms with Crippen LogP contribution in [0.2, 0.25) is 0 Å². The molecule has 10 nitrogen and oxygen atoms in total. The van der Waals surface area contributed by atoms with E-state index >= 15 is 0 Å². The number of hydrogen-bond acceptors (Lipinski definition) is 8. The molecule has 1 amide bonds. The van der Waals surface area contributed by atoms with Crippen molar-refractivity contribution in [2.45, 2.75) is 13.8 Å². The fourth-order valence-electron chi connectivity index (χ4n) is 4.73. The normalized spacial score (nSPS) is 14.2. The molecule has 0 spiro atoms. The third-order valence-electron chi connectivity index (χ3n) is 7.13. The summed E-state index contributed by atoms with van der Waals surface area (Å²) in [6.45, 7) is 10.2. The number of nitrogens with one attached hydrogen (secondary N) is 3. The zero-order valence-corrected chi connectivity index (χ0v) is 23.6. The lowest BCUT2D eigenvalue weighted by molar-refractivity contribution is 0.102. The summed E-state index contributed by atoms with van der Waals surface area (Å²) < 4.78 is 1.76. The van der Waals surface area contributed by atoms with E-state index < -0.39 is 0 Å². The van der Waals surface area contributed by atoms with Crippen molar-refractivity contribution in [3.8, 4) is 11.3 Å². The van der Waals surface area contributed by atoms with Crippen molar-refractivity contribution in [2.24, 2.45) is 7.05 Å². The van der Waals surface area contributed by atoms with Crippen LogP contribution in [-0.4, -0.2) is 81.8 Å². The minimum atomic E-state index is -0.148. The van der Waals surface area contributed by atoms with Crippen LogP contribution in [-0.2, 0) is 7.05 Å². The SMILES string of the molecule is Cc1cccc(C(=O)Nc2ccc(C)c(Nc3nn(C)cc3-c3cc(NCCN4CCN(C)CC4)ncn3)c2)c1. The van der Waals surface area contributed by atoms with Crippen LogP contribution >= 0.6 is 0 Å². The Morgan fingerprint density at radius 2 is 1.80 bits per heavy atom. The van der Waals surface area contributed by atoms with Gasteiger partial charge in [-0.25, -0.2) is 9.97 Å². The second-order valence-corrected chi connectivity index (χ2v) is 10.4. The molecule has 1 aliphatic heterocycles. The van der Waals surface area contributed by atoms with Crippen LogP contribution in [0.25, 0.3) is 11.3 Å². The topological polar surface area (TPSA) is 103 Å². The first-order valence-corrected chi connectivity index (χ1v) is 13.6. The van der Waals surface area contributed by atoms with Gasteiger partial charge in [0, 0.05) is 75.5 Å². The van der Waals surface area contributed by atoms with E-state index in [1.54, 1.807) is 11.0 Å². The highest BCUT2D eigenvalue weighted by Gasteiger charge is 2.16. The molecule has 0 bridgehead atoms. The Kier molecular flexibility index (Phi) is 8.37. The Hall–Kier alpha value is -4.28. The molecule has 0 radical (unpaired) electrons. The fraction of sp³-hybridized carbons (Fsp3) is 0.333. The van der Waals surface area contributed by atoms with Crippen LogP contribution in [0.3, 0.4) is 0 Å². The zero-order valence-electron chi connectivity index (χ0n) is 23.6. The molecule has 208 valence electrons. The van der Waals surface area contributed by atoms with Crippen LogP contribution in [0.4, 0.5) is 23.0 Å². The average Bonchev–Trinajstić information content (AvgIpc) is 3.31. The van der Waals surface area contributed by atoms with Gasteiger partial charge >= 0.3 is 0 Å². The molecule has 5 rings (SSSR count). The molecule has 1 saturated heterocycles. The highest BCUT2D eigenvalue weighted by atomic mass is 16.1. The molecule has 0 saturated carbocycles. The largest absolute Gasteiger partial charge is 0.369 e. The molecule has 2 aromatic carbocycles. The van der Waals surface area contributed by atoms with E-state index in [4.69, 9.17) is 0 Å². The van der Waals surface area contributed by atoms with Crippen molar-refractivity contribution in [3.63, 3.8) is 0 Å². The van der Waals surface area contributed by atoms with Gasteiger partial charge in [0.1, 0.15) is 12.1 Å². The van der Waals surface area contributed by atoms with E-state index in [1.807, 2.05) is 75.6 Å². The van der Waals surface area contributed by atoms with Crippen LogP contribution in [0.1, 0.15) is 21.5 Å². The van der Waals surface area contributed by atoms with Crippen LogP contribution in [0, 0.1) is 13.8 Å². The van der Waals surface area contributed by atoms with Gasteiger partial charge in [-0.1, -0.05) is 23.8 Å². The van der Waals surface area contributed by atoms with Gasteiger partial charge in [0.2, 0.25) is 0 Å². The van der Waals surface area contributed by atoms with Crippen molar-refractivity contribution >= 4 is 28.9 Å². The summed E-state index contributed by atoms with van der Waals surface area (Å²) in [5, 5.41) is 14.6. The van der Waals surface area contributed by atoms with Gasteiger partial charge in [0.25, 0.3) is 5.91 Å². The first-order chi connectivity index (χ1) is 19.3. The van der Waals surface area contributed by atoms with E-state index in [2.05, 4.69) is 47.9 Å². The summed E-state index contributed by atoms with van der Waals surface area (Å²) in [6.07, 6.45) is 3.52. The second-order valence-electron chi connectivity index (χ2n) is 10.4. The predicted molar refractivity (Wildman–Crippen MR) is 160 cm³/mol. The minimum absolute atomic E-state index is 0.148. The summed E-state index contributed by atoms with van der Waals surface area (Å²) >= 11 is 0. The molecule has 4 aromatic rings. The third kappa shape index (κ3) is 6.83.